The SMILES string of the molecule is CN(C)C(CNC(=O)Nc1ccc(Cl)c(C(=O)NC2CC2)c1)c1ccsc1. The number of rotatable bonds is 7. The summed E-state index contributed by atoms with van der Waals surface area (Å²) in [4.78, 5) is 26.6. The van der Waals surface area contributed by atoms with E-state index in [0.29, 0.717) is 22.8 Å². The zero-order chi connectivity index (χ0) is 19.4. The van der Waals surface area contributed by atoms with Crippen molar-refractivity contribution < 1.29 is 9.59 Å². The number of nitrogens with zero attached hydrogens (tertiary/aromatic N) is 1. The molecule has 1 aliphatic rings. The maximum atomic E-state index is 12.3. The molecule has 3 rings (SSSR count). The Bertz CT molecular complexity index is 806. The predicted molar refractivity (Wildman–Crippen MR) is 110 cm³/mol. The molecule has 0 saturated heterocycles. The third-order valence-electron chi connectivity index (χ3n) is 4.39. The van der Waals surface area contributed by atoms with Gasteiger partial charge in [-0.05, 0) is 67.5 Å². The topological polar surface area (TPSA) is 73.5 Å². The predicted octanol–water partition coefficient (Wildman–Crippen LogP) is 3.72. The van der Waals surface area contributed by atoms with E-state index in [1.165, 1.54) is 0 Å². The van der Waals surface area contributed by atoms with Gasteiger partial charge >= 0.3 is 6.03 Å². The van der Waals surface area contributed by atoms with Gasteiger partial charge in [-0.2, -0.15) is 11.3 Å². The first-order valence-corrected chi connectivity index (χ1v) is 10.1. The maximum absolute atomic E-state index is 12.3. The van der Waals surface area contributed by atoms with Crippen molar-refractivity contribution in [2.24, 2.45) is 0 Å². The van der Waals surface area contributed by atoms with Crippen LogP contribution in [-0.4, -0.2) is 43.5 Å². The van der Waals surface area contributed by atoms with Crippen LogP contribution in [0, 0.1) is 0 Å². The molecule has 144 valence electrons. The van der Waals surface area contributed by atoms with Gasteiger partial charge in [0.1, 0.15) is 0 Å². The Hall–Kier alpha value is -2.09. The van der Waals surface area contributed by atoms with Crippen LogP contribution in [0.25, 0.3) is 0 Å². The Morgan fingerprint density at radius 3 is 2.70 bits per heavy atom. The summed E-state index contributed by atoms with van der Waals surface area (Å²) in [6.45, 7) is 0.470. The average Bonchev–Trinajstić information content (AvgIpc) is 3.27. The number of urea groups is 1. The first kappa shape index (κ1) is 19.7. The summed E-state index contributed by atoms with van der Waals surface area (Å²) >= 11 is 7.76. The van der Waals surface area contributed by atoms with Crippen LogP contribution in [0.4, 0.5) is 10.5 Å². The van der Waals surface area contributed by atoms with Gasteiger partial charge in [0, 0.05) is 18.3 Å². The molecule has 2 aromatic rings. The lowest BCUT2D eigenvalue weighted by Gasteiger charge is -2.24. The summed E-state index contributed by atoms with van der Waals surface area (Å²) in [5.41, 5.74) is 2.05. The van der Waals surface area contributed by atoms with Crippen LogP contribution in [0.1, 0.15) is 34.8 Å². The van der Waals surface area contributed by atoms with Crippen LogP contribution in [0.3, 0.4) is 0 Å². The van der Waals surface area contributed by atoms with Gasteiger partial charge in [-0.3, -0.25) is 4.79 Å². The van der Waals surface area contributed by atoms with Gasteiger partial charge in [0.25, 0.3) is 5.91 Å². The molecule has 1 aliphatic carbocycles. The molecule has 6 nitrogen and oxygen atoms in total. The monoisotopic (exact) mass is 406 g/mol. The van der Waals surface area contributed by atoms with Crippen LogP contribution in [0.15, 0.2) is 35.0 Å². The van der Waals surface area contributed by atoms with E-state index in [0.717, 1.165) is 18.4 Å². The molecular weight excluding hydrogens is 384 g/mol. The fraction of sp³-hybridized carbons (Fsp3) is 0.368. The molecule has 0 bridgehead atoms. The minimum absolute atomic E-state index is 0.0899. The highest BCUT2D eigenvalue weighted by Gasteiger charge is 2.25. The zero-order valence-electron chi connectivity index (χ0n) is 15.3. The summed E-state index contributed by atoms with van der Waals surface area (Å²) in [6.07, 6.45) is 2.00. The first-order chi connectivity index (χ1) is 12.9. The van der Waals surface area contributed by atoms with Gasteiger partial charge in [-0.1, -0.05) is 11.6 Å². The normalized spacial score (nSPS) is 14.7. The van der Waals surface area contributed by atoms with Gasteiger partial charge < -0.3 is 20.9 Å². The number of likely N-dealkylation sites (N-methyl/N-ethyl adjacent to an activating group) is 1. The quantitative estimate of drug-likeness (QED) is 0.656. The number of benzene rings is 1. The number of carbonyl (C=O) groups excluding carboxylic acids is 2. The zero-order valence-corrected chi connectivity index (χ0v) is 16.9. The van der Waals surface area contributed by atoms with Crippen molar-refractivity contribution in [3.63, 3.8) is 0 Å². The van der Waals surface area contributed by atoms with Crippen molar-refractivity contribution in [2.45, 2.75) is 24.9 Å². The smallest absolute Gasteiger partial charge is 0.319 e. The highest BCUT2D eigenvalue weighted by Crippen LogP contribution is 2.24. The van der Waals surface area contributed by atoms with Crippen LogP contribution >= 0.6 is 22.9 Å². The Kier molecular flexibility index (Phi) is 6.36. The second kappa shape index (κ2) is 8.73. The summed E-state index contributed by atoms with van der Waals surface area (Å²) in [5.74, 6) is -0.211. The van der Waals surface area contributed by atoms with Crippen LogP contribution in [0.2, 0.25) is 5.02 Å². The molecule has 8 heteroatoms. The van der Waals surface area contributed by atoms with Crippen LogP contribution < -0.4 is 16.0 Å². The summed E-state index contributed by atoms with van der Waals surface area (Å²) in [5, 5.41) is 13.0. The van der Waals surface area contributed by atoms with Gasteiger partial charge in [0.05, 0.1) is 16.6 Å². The summed E-state index contributed by atoms with van der Waals surface area (Å²) in [6, 6.07) is 6.96. The lowest BCUT2D eigenvalue weighted by molar-refractivity contribution is 0.0951. The van der Waals surface area contributed by atoms with E-state index < -0.39 is 0 Å². The molecule has 0 aliphatic heterocycles. The van der Waals surface area contributed by atoms with Gasteiger partial charge in [0.15, 0.2) is 0 Å². The lowest BCUT2D eigenvalue weighted by Crippen LogP contribution is -2.36. The van der Waals surface area contributed by atoms with Crippen molar-refractivity contribution in [2.75, 3.05) is 26.0 Å². The van der Waals surface area contributed by atoms with E-state index in [4.69, 9.17) is 11.6 Å². The Labute approximate surface area is 167 Å². The number of anilines is 1. The molecule has 1 unspecified atom stereocenters. The van der Waals surface area contributed by atoms with Crippen molar-refractivity contribution in [3.8, 4) is 0 Å². The first-order valence-electron chi connectivity index (χ1n) is 8.78. The largest absolute Gasteiger partial charge is 0.349 e. The molecule has 1 aromatic heterocycles. The summed E-state index contributed by atoms with van der Waals surface area (Å²) < 4.78 is 0. The molecule has 0 radical (unpaired) electrons. The molecular formula is C19H23ClN4O2S. The van der Waals surface area contributed by atoms with E-state index in [1.54, 1.807) is 29.5 Å². The summed E-state index contributed by atoms with van der Waals surface area (Å²) in [7, 11) is 3.96. The molecule has 0 spiro atoms. The third-order valence-corrected chi connectivity index (χ3v) is 5.42. The van der Waals surface area contributed by atoms with E-state index >= 15 is 0 Å². The Morgan fingerprint density at radius 2 is 2.07 bits per heavy atom. The highest BCUT2D eigenvalue weighted by atomic mass is 35.5. The van der Waals surface area contributed by atoms with Gasteiger partial charge in [-0.15, -0.1) is 0 Å². The number of hydrogen-bond acceptors (Lipinski definition) is 4. The van der Waals surface area contributed by atoms with Crippen molar-refractivity contribution in [1.82, 2.24) is 15.5 Å². The second-order valence-corrected chi connectivity index (χ2v) is 8.00. The number of nitrogens with one attached hydrogen (secondary N) is 3. The minimum Gasteiger partial charge on any atom is -0.349 e. The molecule has 3 amide bonds. The number of carbonyl (C=O) groups is 2. The van der Waals surface area contributed by atoms with Crippen molar-refractivity contribution in [1.29, 1.82) is 0 Å². The Balaban J connectivity index is 1.59. The molecule has 1 saturated carbocycles. The maximum Gasteiger partial charge on any atom is 0.319 e. The number of thiophene rings is 1. The minimum atomic E-state index is -0.326. The van der Waals surface area contributed by atoms with E-state index in [-0.39, 0.29) is 24.0 Å². The highest BCUT2D eigenvalue weighted by molar-refractivity contribution is 7.08. The lowest BCUT2D eigenvalue weighted by atomic mass is 10.1. The van der Waals surface area contributed by atoms with Crippen LogP contribution in [0.5, 0.6) is 0 Å². The molecule has 1 atom stereocenters. The fourth-order valence-electron chi connectivity index (χ4n) is 2.70. The van der Waals surface area contributed by atoms with Crippen molar-refractivity contribution in [3.05, 3.63) is 51.2 Å². The van der Waals surface area contributed by atoms with Gasteiger partial charge in [0.2, 0.25) is 0 Å². The molecule has 3 N–H and O–H groups in total. The molecule has 1 aromatic carbocycles. The standard InChI is InChI=1S/C19H23ClN4O2S/c1-24(2)17(12-7-8-27-11-12)10-21-19(26)23-14-5-6-16(20)15(9-14)18(25)22-13-3-4-13/h5-9,11,13,17H,3-4,10H2,1-2H3,(H,22,25)(H2,21,23,26). The number of halogens is 1. The van der Waals surface area contributed by atoms with E-state index in [9.17, 15) is 9.59 Å². The third kappa shape index (κ3) is 5.45. The number of amides is 3. The van der Waals surface area contributed by atoms with Gasteiger partial charge in [-0.25, -0.2) is 4.79 Å². The fourth-order valence-corrected chi connectivity index (χ4v) is 3.61. The van der Waals surface area contributed by atoms with Crippen LogP contribution in [-0.2, 0) is 0 Å². The second-order valence-electron chi connectivity index (χ2n) is 6.81. The molecule has 1 heterocycles. The number of hydrogen-bond donors (Lipinski definition) is 3. The Morgan fingerprint density at radius 1 is 1.30 bits per heavy atom. The average molecular weight is 407 g/mol. The van der Waals surface area contributed by atoms with E-state index in [1.807, 2.05) is 19.5 Å². The molecule has 27 heavy (non-hydrogen) atoms. The van der Waals surface area contributed by atoms with Crippen molar-refractivity contribution >= 4 is 40.6 Å². The molecule has 1 fully saturated rings. The van der Waals surface area contributed by atoms with E-state index in [2.05, 4.69) is 32.3 Å².